The molecule has 11 atom stereocenters. The van der Waals surface area contributed by atoms with Crippen LogP contribution in [0.15, 0.2) is 0 Å². The van der Waals surface area contributed by atoms with Crippen LogP contribution in [0.1, 0.15) is 85.5 Å². The summed E-state index contributed by atoms with van der Waals surface area (Å²) in [7, 11) is 1.88. The van der Waals surface area contributed by atoms with E-state index in [2.05, 4.69) is 32.6 Å². The lowest BCUT2D eigenvalue weighted by Gasteiger charge is -2.78. The zero-order valence-corrected chi connectivity index (χ0v) is 22.1. The molecule has 2 spiro atoms. The van der Waals surface area contributed by atoms with Crippen molar-refractivity contribution in [3.8, 4) is 0 Å². The average Bonchev–Trinajstić information content (AvgIpc) is 3.53. The van der Waals surface area contributed by atoms with Crippen molar-refractivity contribution in [2.75, 3.05) is 20.2 Å². The number of nitrogens with zero attached hydrogens (tertiary/aromatic N) is 1. The van der Waals surface area contributed by atoms with Crippen LogP contribution < -0.4 is 0 Å². The molecule has 192 valence electrons. The maximum absolute atomic E-state index is 12.2. The van der Waals surface area contributed by atoms with Crippen molar-refractivity contribution >= 4 is 0 Å². The second kappa shape index (κ2) is 6.81. The van der Waals surface area contributed by atoms with Gasteiger partial charge in [-0.2, -0.15) is 0 Å². The Morgan fingerprint density at radius 2 is 1.82 bits per heavy atom. The fourth-order valence-electron chi connectivity index (χ4n) is 11.0. The van der Waals surface area contributed by atoms with Crippen LogP contribution in [-0.4, -0.2) is 70.9 Å². The Balaban J connectivity index is 1.42. The smallest absolute Gasteiger partial charge is 0.100 e. The first-order valence-corrected chi connectivity index (χ1v) is 14.4. The van der Waals surface area contributed by atoms with E-state index in [0.717, 1.165) is 31.6 Å². The molecule has 5 heteroatoms. The first kappa shape index (κ1) is 23.0. The summed E-state index contributed by atoms with van der Waals surface area (Å²) >= 11 is 0. The second-order valence-electron chi connectivity index (χ2n) is 14.9. The van der Waals surface area contributed by atoms with Gasteiger partial charge in [0.1, 0.15) is 5.60 Å². The van der Waals surface area contributed by atoms with E-state index < -0.39 is 11.2 Å². The van der Waals surface area contributed by atoms with Gasteiger partial charge in [0.2, 0.25) is 0 Å². The van der Waals surface area contributed by atoms with E-state index in [-0.39, 0.29) is 40.5 Å². The molecule has 0 amide bonds. The van der Waals surface area contributed by atoms with Crippen molar-refractivity contribution in [1.29, 1.82) is 0 Å². The van der Waals surface area contributed by atoms with Crippen LogP contribution in [-0.2, 0) is 9.47 Å². The molecule has 5 nitrogen and oxygen atoms in total. The molecule has 34 heavy (non-hydrogen) atoms. The SMILES string of the molecule is CO[C@@]12CCC3(C[C@@H]1[C@](C)(O)C(C)(C)C)[C@H]1CC4CCC(O)C5O[C@@H]2[C@]3(CCN1CC1CC1)C45. The minimum atomic E-state index is -0.861. The van der Waals surface area contributed by atoms with Crippen LogP contribution in [0, 0.1) is 39.9 Å². The zero-order chi connectivity index (χ0) is 23.9. The normalized spacial score (nSPS) is 55.7. The minimum absolute atomic E-state index is 0.0116. The van der Waals surface area contributed by atoms with Gasteiger partial charge in [0.25, 0.3) is 0 Å². The summed E-state index contributed by atoms with van der Waals surface area (Å²) in [6.45, 7) is 11.1. The summed E-state index contributed by atoms with van der Waals surface area (Å²) in [4.78, 5) is 2.91. The molecule has 6 saturated carbocycles. The van der Waals surface area contributed by atoms with Gasteiger partial charge >= 0.3 is 0 Å². The Bertz CT molecular complexity index is 865. The number of aliphatic hydroxyl groups is 2. The summed E-state index contributed by atoms with van der Waals surface area (Å²) in [5.74, 6) is 2.05. The Morgan fingerprint density at radius 1 is 1.06 bits per heavy atom. The van der Waals surface area contributed by atoms with Crippen LogP contribution in [0.2, 0.25) is 0 Å². The van der Waals surface area contributed by atoms with Crippen molar-refractivity contribution in [3.63, 3.8) is 0 Å². The highest BCUT2D eigenvalue weighted by atomic mass is 16.6. The van der Waals surface area contributed by atoms with Crippen molar-refractivity contribution in [3.05, 3.63) is 0 Å². The van der Waals surface area contributed by atoms with Gasteiger partial charge in [0.05, 0.1) is 23.9 Å². The minimum Gasteiger partial charge on any atom is -0.390 e. The van der Waals surface area contributed by atoms with Crippen molar-refractivity contribution in [1.82, 2.24) is 4.90 Å². The monoisotopic (exact) mass is 473 g/mol. The van der Waals surface area contributed by atoms with Crippen LogP contribution in [0.5, 0.6) is 0 Å². The van der Waals surface area contributed by atoms with E-state index in [1.54, 1.807) is 0 Å². The molecule has 8 rings (SSSR count). The molecule has 8 aliphatic rings. The van der Waals surface area contributed by atoms with Gasteiger partial charge in [-0.05, 0) is 99.8 Å². The number of fused-ring (bicyclic) bond motifs is 2. The lowest BCUT2D eigenvalue weighted by Crippen LogP contribution is -2.82. The Labute approximate surface area is 205 Å². The molecule has 0 aromatic heterocycles. The number of aliphatic hydroxyl groups excluding tert-OH is 1. The van der Waals surface area contributed by atoms with Crippen LogP contribution in [0.25, 0.3) is 0 Å². The number of hydrogen-bond donors (Lipinski definition) is 2. The van der Waals surface area contributed by atoms with Gasteiger partial charge in [0.15, 0.2) is 0 Å². The molecule has 2 N–H and O–H groups in total. The van der Waals surface area contributed by atoms with Crippen molar-refractivity contribution in [2.45, 2.75) is 121 Å². The lowest BCUT2D eigenvalue weighted by atomic mass is 9.30. The van der Waals surface area contributed by atoms with E-state index in [1.165, 1.54) is 45.2 Å². The van der Waals surface area contributed by atoms with E-state index in [1.807, 2.05) is 7.11 Å². The molecule has 2 saturated heterocycles. The van der Waals surface area contributed by atoms with Crippen molar-refractivity contribution < 1.29 is 19.7 Å². The topological polar surface area (TPSA) is 62.2 Å². The second-order valence-corrected chi connectivity index (χ2v) is 14.9. The summed E-state index contributed by atoms with van der Waals surface area (Å²) in [6.07, 6.45) is 10.1. The fourth-order valence-corrected chi connectivity index (χ4v) is 11.0. The van der Waals surface area contributed by atoms with Gasteiger partial charge in [0, 0.05) is 31.0 Å². The highest BCUT2D eigenvalue weighted by Crippen LogP contribution is 2.81. The van der Waals surface area contributed by atoms with Gasteiger partial charge in [-0.3, -0.25) is 4.90 Å². The molecule has 5 unspecified atom stereocenters. The Kier molecular flexibility index (Phi) is 4.60. The molecular formula is C29H47NO4. The van der Waals surface area contributed by atoms with Crippen LogP contribution >= 0.6 is 0 Å². The molecule has 0 radical (unpaired) electrons. The van der Waals surface area contributed by atoms with E-state index in [4.69, 9.17) is 9.47 Å². The molecule has 6 aliphatic carbocycles. The van der Waals surface area contributed by atoms with Gasteiger partial charge in [-0.15, -0.1) is 0 Å². The first-order valence-electron chi connectivity index (χ1n) is 14.4. The molecular weight excluding hydrogens is 426 g/mol. The van der Waals surface area contributed by atoms with Crippen LogP contribution in [0.3, 0.4) is 0 Å². The Morgan fingerprint density at radius 3 is 2.50 bits per heavy atom. The number of methoxy groups -OCH3 is 1. The number of hydrogen-bond acceptors (Lipinski definition) is 5. The predicted octanol–water partition coefficient (Wildman–Crippen LogP) is 4.00. The molecule has 2 heterocycles. The standard InChI is InChI=1S/C29H47NO4/c1-25(2,3)26(4,32)20-15-27-10-11-29(20,33-5)24-28(27)12-13-30(16-17-6-7-17)21(27)14-18-8-9-19(31)23(34-24)22(18)28/h17-24,31-32H,6-16H2,1-5H3/t18?,19?,20-,21-,22?,23?,24-,26+,27?,28+,29+/m1/s1. The molecule has 8 fully saturated rings. The lowest BCUT2D eigenvalue weighted by molar-refractivity contribution is -0.348. The highest BCUT2D eigenvalue weighted by Gasteiger charge is 2.84. The fraction of sp³-hybridized carbons (Fsp3) is 1.00. The third-order valence-corrected chi connectivity index (χ3v) is 13.1. The maximum Gasteiger partial charge on any atom is 0.100 e. The van der Waals surface area contributed by atoms with E-state index in [9.17, 15) is 10.2 Å². The number of piperidine rings is 1. The van der Waals surface area contributed by atoms with Crippen molar-refractivity contribution in [2.24, 2.45) is 39.9 Å². The first-order chi connectivity index (χ1) is 16.0. The van der Waals surface area contributed by atoms with Gasteiger partial charge in [-0.1, -0.05) is 20.8 Å². The largest absolute Gasteiger partial charge is 0.390 e. The third kappa shape index (κ3) is 2.46. The van der Waals surface area contributed by atoms with E-state index >= 15 is 0 Å². The molecule has 4 bridgehead atoms. The predicted molar refractivity (Wildman–Crippen MR) is 130 cm³/mol. The highest BCUT2D eigenvalue weighted by molar-refractivity contribution is 5.34. The number of ether oxygens (including phenoxy) is 2. The molecule has 0 aromatic carbocycles. The maximum atomic E-state index is 12.2. The summed E-state index contributed by atoms with van der Waals surface area (Å²) in [5.41, 5.74) is -1.33. The average molecular weight is 474 g/mol. The molecule has 2 aliphatic heterocycles. The number of rotatable bonds is 4. The van der Waals surface area contributed by atoms with Gasteiger partial charge in [-0.25, -0.2) is 0 Å². The van der Waals surface area contributed by atoms with Gasteiger partial charge < -0.3 is 19.7 Å². The quantitative estimate of drug-likeness (QED) is 0.646. The van der Waals surface area contributed by atoms with E-state index in [0.29, 0.717) is 17.9 Å². The summed E-state index contributed by atoms with van der Waals surface area (Å²) < 4.78 is 13.8. The van der Waals surface area contributed by atoms with Crippen LogP contribution in [0.4, 0.5) is 0 Å². The Hall–Kier alpha value is -0.200. The zero-order valence-electron chi connectivity index (χ0n) is 22.1. The summed E-state index contributed by atoms with van der Waals surface area (Å²) in [6, 6.07) is 0.594. The summed E-state index contributed by atoms with van der Waals surface area (Å²) in [5, 5.41) is 23.4. The third-order valence-electron chi connectivity index (χ3n) is 13.1. The molecule has 0 aromatic rings. The number of likely N-dealkylation sites (tertiary alicyclic amines) is 1.